The Hall–Kier alpha value is -1.16. The molecular formula is C14H22N2O2. The van der Waals surface area contributed by atoms with Gasteiger partial charge in [0.15, 0.2) is 0 Å². The predicted molar refractivity (Wildman–Crippen MR) is 69.3 cm³/mol. The summed E-state index contributed by atoms with van der Waals surface area (Å²) < 4.78 is 5.08. The summed E-state index contributed by atoms with van der Waals surface area (Å²) in [5, 5.41) is 10.5. The molecule has 0 aliphatic heterocycles. The zero-order valence-electron chi connectivity index (χ0n) is 11.2. The molecule has 1 fully saturated rings. The number of rotatable bonds is 4. The predicted octanol–water partition coefficient (Wildman–Crippen LogP) is 2.74. The van der Waals surface area contributed by atoms with Crippen LogP contribution in [-0.2, 0) is 0 Å². The smallest absolute Gasteiger partial charge is 0.216 e. The number of aromatic nitrogens is 2. The maximum atomic E-state index is 10.5. The summed E-state index contributed by atoms with van der Waals surface area (Å²) >= 11 is 0. The lowest BCUT2D eigenvalue weighted by atomic mass is 9.74. The van der Waals surface area contributed by atoms with E-state index in [1.54, 1.807) is 13.2 Å². The molecule has 18 heavy (non-hydrogen) atoms. The van der Waals surface area contributed by atoms with Crippen LogP contribution in [0, 0.1) is 11.8 Å². The first kappa shape index (κ1) is 13.3. The van der Waals surface area contributed by atoms with Crippen LogP contribution in [0.25, 0.3) is 0 Å². The number of aliphatic hydroxyl groups is 1. The second kappa shape index (κ2) is 6.14. The van der Waals surface area contributed by atoms with E-state index in [1.165, 1.54) is 25.6 Å². The monoisotopic (exact) mass is 250 g/mol. The maximum absolute atomic E-state index is 10.5. The second-order valence-corrected chi connectivity index (χ2v) is 5.05. The van der Waals surface area contributed by atoms with Gasteiger partial charge in [-0.3, -0.25) is 0 Å². The van der Waals surface area contributed by atoms with Gasteiger partial charge in [-0.25, -0.2) is 9.97 Å². The highest BCUT2D eigenvalue weighted by Gasteiger charge is 2.31. The van der Waals surface area contributed by atoms with Crippen LogP contribution in [0.4, 0.5) is 0 Å². The van der Waals surface area contributed by atoms with Crippen molar-refractivity contribution in [2.75, 3.05) is 7.11 Å². The van der Waals surface area contributed by atoms with Crippen LogP contribution in [0.5, 0.6) is 5.88 Å². The molecule has 1 aromatic heterocycles. The molecule has 0 aromatic carbocycles. The molecule has 0 saturated heterocycles. The first-order chi connectivity index (χ1) is 8.76. The number of hydrogen-bond acceptors (Lipinski definition) is 4. The summed E-state index contributed by atoms with van der Waals surface area (Å²) in [5.74, 6) is 1.45. The third kappa shape index (κ3) is 2.80. The summed E-state index contributed by atoms with van der Waals surface area (Å²) in [6.07, 6.45) is 6.90. The lowest BCUT2D eigenvalue weighted by Crippen LogP contribution is -2.25. The minimum atomic E-state index is -0.493. The average Bonchev–Trinajstić information content (AvgIpc) is 2.46. The molecule has 1 saturated carbocycles. The van der Waals surface area contributed by atoms with Gasteiger partial charge in [0.05, 0.1) is 18.9 Å². The fourth-order valence-corrected chi connectivity index (χ4v) is 3.01. The van der Waals surface area contributed by atoms with Crippen LogP contribution in [0.1, 0.15) is 50.8 Å². The molecule has 0 bridgehead atoms. The van der Waals surface area contributed by atoms with Gasteiger partial charge in [0.25, 0.3) is 0 Å². The maximum Gasteiger partial charge on any atom is 0.216 e. The van der Waals surface area contributed by atoms with Crippen LogP contribution >= 0.6 is 0 Å². The third-order valence-corrected chi connectivity index (χ3v) is 4.07. The SMILES string of the molecule is CCC1CCCCC1C(O)c1cc(OC)ncn1. The van der Waals surface area contributed by atoms with Crippen LogP contribution in [0.15, 0.2) is 12.4 Å². The van der Waals surface area contributed by atoms with E-state index in [9.17, 15) is 5.11 Å². The molecule has 0 spiro atoms. The van der Waals surface area contributed by atoms with Gasteiger partial charge in [-0.05, 0) is 18.3 Å². The highest BCUT2D eigenvalue weighted by molar-refractivity contribution is 5.16. The molecule has 3 atom stereocenters. The van der Waals surface area contributed by atoms with Gasteiger partial charge in [0.2, 0.25) is 5.88 Å². The number of hydrogen-bond donors (Lipinski definition) is 1. The van der Waals surface area contributed by atoms with Crippen molar-refractivity contribution in [3.8, 4) is 5.88 Å². The standard InChI is InChI=1S/C14H22N2O2/c1-3-10-6-4-5-7-11(10)14(17)12-8-13(18-2)16-9-15-12/h8-11,14,17H,3-7H2,1-2H3. The summed E-state index contributed by atoms with van der Waals surface area (Å²) in [5.41, 5.74) is 0.687. The third-order valence-electron chi connectivity index (χ3n) is 4.07. The Morgan fingerprint density at radius 3 is 2.89 bits per heavy atom. The van der Waals surface area contributed by atoms with Crippen molar-refractivity contribution in [2.24, 2.45) is 11.8 Å². The number of nitrogens with zero attached hydrogens (tertiary/aromatic N) is 2. The Kier molecular flexibility index (Phi) is 4.53. The lowest BCUT2D eigenvalue weighted by Gasteiger charge is -2.34. The van der Waals surface area contributed by atoms with Crippen molar-refractivity contribution in [3.05, 3.63) is 18.1 Å². The van der Waals surface area contributed by atoms with Crippen molar-refractivity contribution in [3.63, 3.8) is 0 Å². The lowest BCUT2D eigenvalue weighted by molar-refractivity contribution is 0.0419. The minimum absolute atomic E-state index is 0.323. The summed E-state index contributed by atoms with van der Waals surface area (Å²) in [7, 11) is 1.58. The molecule has 1 N–H and O–H groups in total. The van der Waals surface area contributed by atoms with Crippen LogP contribution in [0.2, 0.25) is 0 Å². The fraction of sp³-hybridized carbons (Fsp3) is 0.714. The van der Waals surface area contributed by atoms with Crippen molar-refractivity contribution in [2.45, 2.75) is 45.1 Å². The van der Waals surface area contributed by atoms with Crippen molar-refractivity contribution < 1.29 is 9.84 Å². The molecule has 4 nitrogen and oxygen atoms in total. The van der Waals surface area contributed by atoms with E-state index in [4.69, 9.17) is 4.74 Å². The van der Waals surface area contributed by atoms with Gasteiger partial charge < -0.3 is 9.84 Å². The summed E-state index contributed by atoms with van der Waals surface area (Å²) in [4.78, 5) is 8.17. The quantitative estimate of drug-likeness (QED) is 0.892. The van der Waals surface area contributed by atoms with Crippen LogP contribution in [-0.4, -0.2) is 22.2 Å². The molecule has 0 radical (unpaired) electrons. The molecule has 1 aliphatic carbocycles. The largest absolute Gasteiger partial charge is 0.481 e. The molecule has 1 aliphatic rings. The van der Waals surface area contributed by atoms with E-state index in [0.717, 1.165) is 12.8 Å². The first-order valence-corrected chi connectivity index (χ1v) is 6.80. The average molecular weight is 250 g/mol. The first-order valence-electron chi connectivity index (χ1n) is 6.80. The Morgan fingerprint density at radius 1 is 1.39 bits per heavy atom. The Balaban J connectivity index is 2.15. The van der Waals surface area contributed by atoms with E-state index in [1.807, 2.05) is 0 Å². The van der Waals surface area contributed by atoms with Gasteiger partial charge in [-0.1, -0.05) is 32.6 Å². The number of aliphatic hydroxyl groups excluding tert-OH is 1. The van der Waals surface area contributed by atoms with Gasteiger partial charge in [-0.2, -0.15) is 0 Å². The number of ether oxygens (including phenoxy) is 1. The van der Waals surface area contributed by atoms with E-state index in [-0.39, 0.29) is 0 Å². The second-order valence-electron chi connectivity index (χ2n) is 5.05. The van der Waals surface area contributed by atoms with Crippen molar-refractivity contribution in [1.82, 2.24) is 9.97 Å². The highest BCUT2D eigenvalue weighted by atomic mass is 16.5. The summed E-state index contributed by atoms with van der Waals surface area (Å²) in [6, 6.07) is 1.74. The molecule has 1 aromatic rings. The Bertz CT molecular complexity index is 384. The van der Waals surface area contributed by atoms with Gasteiger partial charge >= 0.3 is 0 Å². The molecule has 3 unspecified atom stereocenters. The fourth-order valence-electron chi connectivity index (χ4n) is 3.01. The van der Waals surface area contributed by atoms with E-state index >= 15 is 0 Å². The molecule has 2 rings (SSSR count). The van der Waals surface area contributed by atoms with Gasteiger partial charge in [0.1, 0.15) is 6.33 Å². The zero-order valence-corrected chi connectivity index (χ0v) is 11.2. The Labute approximate surface area is 108 Å². The van der Waals surface area contributed by atoms with Crippen LogP contribution in [0.3, 0.4) is 0 Å². The minimum Gasteiger partial charge on any atom is -0.481 e. The molecule has 0 amide bonds. The Morgan fingerprint density at radius 2 is 2.17 bits per heavy atom. The van der Waals surface area contributed by atoms with E-state index in [2.05, 4.69) is 16.9 Å². The van der Waals surface area contributed by atoms with Gasteiger partial charge in [-0.15, -0.1) is 0 Å². The molecule has 1 heterocycles. The van der Waals surface area contributed by atoms with Gasteiger partial charge in [0, 0.05) is 6.07 Å². The number of methoxy groups -OCH3 is 1. The molecule has 4 heteroatoms. The molecular weight excluding hydrogens is 228 g/mol. The normalized spacial score (nSPS) is 25.7. The molecule has 100 valence electrons. The van der Waals surface area contributed by atoms with Crippen molar-refractivity contribution >= 4 is 0 Å². The van der Waals surface area contributed by atoms with E-state index < -0.39 is 6.10 Å². The van der Waals surface area contributed by atoms with Crippen molar-refractivity contribution in [1.29, 1.82) is 0 Å². The topological polar surface area (TPSA) is 55.2 Å². The summed E-state index contributed by atoms with van der Waals surface area (Å²) in [6.45, 7) is 2.20. The van der Waals surface area contributed by atoms with Crippen LogP contribution < -0.4 is 4.74 Å². The van der Waals surface area contributed by atoms with E-state index in [0.29, 0.717) is 23.4 Å². The highest BCUT2D eigenvalue weighted by Crippen LogP contribution is 2.39. The zero-order chi connectivity index (χ0) is 13.0.